The molecule has 0 spiro atoms. The Balaban J connectivity index is 2.27. The number of nitrogens with one attached hydrogen (secondary N) is 1. The quantitative estimate of drug-likeness (QED) is 0.798. The summed E-state index contributed by atoms with van der Waals surface area (Å²) >= 11 is 0. The maximum absolute atomic E-state index is 13.0. The Morgan fingerprint density at radius 1 is 1.16 bits per heavy atom. The van der Waals surface area contributed by atoms with Crippen molar-refractivity contribution in [3.63, 3.8) is 0 Å². The van der Waals surface area contributed by atoms with Crippen molar-refractivity contribution >= 4 is 15.7 Å². The first-order valence-corrected chi connectivity index (χ1v) is 10.0. The van der Waals surface area contributed by atoms with E-state index in [1.165, 1.54) is 4.90 Å². The molecule has 1 heterocycles. The molecule has 140 valence electrons. The highest BCUT2D eigenvalue weighted by Crippen LogP contribution is 2.31. The van der Waals surface area contributed by atoms with Gasteiger partial charge in [-0.25, -0.2) is 8.42 Å². The van der Waals surface area contributed by atoms with Crippen LogP contribution in [0.15, 0.2) is 18.2 Å². The second kappa shape index (κ2) is 7.61. The van der Waals surface area contributed by atoms with Crippen LogP contribution in [0.4, 0.5) is 0 Å². The number of methoxy groups -OCH3 is 2. The fraction of sp³-hybridized carbons (Fsp3) is 0.588. The number of ether oxygens (including phenoxy) is 2. The zero-order valence-electron chi connectivity index (χ0n) is 15.2. The first-order valence-electron chi connectivity index (χ1n) is 8.11. The summed E-state index contributed by atoms with van der Waals surface area (Å²) in [5.74, 6) is 0.878. The number of rotatable bonds is 6. The number of nitrogens with zero attached hydrogens (tertiary/aromatic N) is 1. The van der Waals surface area contributed by atoms with E-state index in [2.05, 4.69) is 5.32 Å². The summed E-state index contributed by atoms with van der Waals surface area (Å²) in [5.41, 5.74) is 0.810. The molecule has 7 nitrogen and oxygen atoms in total. The molecule has 0 aromatic heterocycles. The van der Waals surface area contributed by atoms with Crippen molar-refractivity contribution in [1.82, 2.24) is 10.2 Å². The van der Waals surface area contributed by atoms with E-state index in [1.54, 1.807) is 27.3 Å². The van der Waals surface area contributed by atoms with Gasteiger partial charge in [0.05, 0.1) is 14.2 Å². The molecule has 2 rings (SSSR count). The molecule has 0 radical (unpaired) electrons. The molecule has 0 saturated carbocycles. The van der Waals surface area contributed by atoms with Crippen molar-refractivity contribution in [2.24, 2.45) is 0 Å². The zero-order chi connectivity index (χ0) is 18.7. The van der Waals surface area contributed by atoms with Crippen LogP contribution in [0.25, 0.3) is 0 Å². The topological polar surface area (TPSA) is 84.9 Å². The summed E-state index contributed by atoms with van der Waals surface area (Å²) in [4.78, 5) is 14.5. The van der Waals surface area contributed by atoms with Gasteiger partial charge in [0.15, 0.2) is 14.6 Å². The van der Waals surface area contributed by atoms with Crippen molar-refractivity contribution in [1.29, 1.82) is 0 Å². The highest BCUT2D eigenvalue weighted by Gasteiger charge is 2.49. The molecular weight excluding hydrogens is 344 g/mol. The van der Waals surface area contributed by atoms with Gasteiger partial charge in [0, 0.05) is 25.9 Å². The van der Waals surface area contributed by atoms with Crippen molar-refractivity contribution < 1.29 is 22.7 Å². The van der Waals surface area contributed by atoms with E-state index in [4.69, 9.17) is 9.47 Å². The SMILES string of the molecule is COc1cc(CN(C)C(=O)C2(S(C)(=O)=O)CCNCC2)cc(OC)c1. The van der Waals surface area contributed by atoms with Crippen LogP contribution in [-0.4, -0.2) is 64.6 Å². The standard InChI is InChI=1S/C17H26N2O5S/c1-19(12-13-9-14(23-2)11-15(10-13)24-3)16(20)17(25(4,21)22)5-7-18-8-6-17/h9-11,18H,5-8,12H2,1-4H3. The van der Waals surface area contributed by atoms with Crippen molar-refractivity contribution in [2.75, 3.05) is 40.6 Å². The number of piperidine rings is 1. The third kappa shape index (κ3) is 4.07. The van der Waals surface area contributed by atoms with E-state index in [9.17, 15) is 13.2 Å². The van der Waals surface area contributed by atoms with E-state index in [-0.39, 0.29) is 25.3 Å². The minimum absolute atomic E-state index is 0.275. The number of amides is 1. The largest absolute Gasteiger partial charge is 0.497 e. The van der Waals surface area contributed by atoms with Crippen LogP contribution in [-0.2, 0) is 21.2 Å². The number of sulfone groups is 1. The summed E-state index contributed by atoms with van der Waals surface area (Å²) in [5, 5.41) is 3.12. The van der Waals surface area contributed by atoms with Gasteiger partial charge in [-0.15, -0.1) is 0 Å². The maximum Gasteiger partial charge on any atom is 0.244 e. The number of benzene rings is 1. The molecule has 0 aliphatic carbocycles. The molecule has 1 amide bonds. The molecule has 1 aromatic carbocycles. The van der Waals surface area contributed by atoms with Crippen molar-refractivity contribution in [2.45, 2.75) is 24.1 Å². The Labute approximate surface area is 149 Å². The summed E-state index contributed by atoms with van der Waals surface area (Å²) in [6.07, 6.45) is 1.73. The molecule has 0 unspecified atom stereocenters. The van der Waals surface area contributed by atoms with E-state index >= 15 is 0 Å². The lowest BCUT2D eigenvalue weighted by molar-refractivity contribution is -0.134. The van der Waals surface area contributed by atoms with Crippen molar-refractivity contribution in [3.05, 3.63) is 23.8 Å². The molecular formula is C17H26N2O5S. The average Bonchev–Trinajstić information content (AvgIpc) is 2.60. The lowest BCUT2D eigenvalue weighted by Gasteiger charge is -2.37. The van der Waals surface area contributed by atoms with Crippen LogP contribution in [0.3, 0.4) is 0 Å². The molecule has 1 aliphatic rings. The molecule has 8 heteroatoms. The van der Waals surface area contributed by atoms with Crippen LogP contribution in [0, 0.1) is 0 Å². The van der Waals surface area contributed by atoms with Gasteiger partial charge in [0.2, 0.25) is 5.91 Å². The minimum Gasteiger partial charge on any atom is -0.497 e. The molecule has 0 bridgehead atoms. The van der Waals surface area contributed by atoms with E-state index < -0.39 is 14.6 Å². The molecule has 1 fully saturated rings. The predicted molar refractivity (Wildman–Crippen MR) is 95.7 cm³/mol. The molecule has 1 saturated heterocycles. The van der Waals surface area contributed by atoms with Gasteiger partial charge in [-0.05, 0) is 43.6 Å². The van der Waals surface area contributed by atoms with Gasteiger partial charge >= 0.3 is 0 Å². The number of hydrogen-bond donors (Lipinski definition) is 1. The third-order valence-electron chi connectivity index (χ3n) is 4.69. The predicted octanol–water partition coefficient (Wildman–Crippen LogP) is 0.829. The minimum atomic E-state index is -3.53. The monoisotopic (exact) mass is 370 g/mol. The Morgan fingerprint density at radius 3 is 2.12 bits per heavy atom. The third-order valence-corrected chi connectivity index (χ3v) is 6.69. The fourth-order valence-corrected chi connectivity index (χ4v) is 4.64. The second-order valence-corrected chi connectivity index (χ2v) is 8.72. The van der Waals surface area contributed by atoms with E-state index in [0.29, 0.717) is 24.6 Å². The van der Waals surface area contributed by atoms with Crippen LogP contribution >= 0.6 is 0 Å². The highest BCUT2D eigenvalue weighted by molar-refractivity contribution is 7.92. The van der Waals surface area contributed by atoms with Crippen LogP contribution in [0.1, 0.15) is 18.4 Å². The summed E-state index contributed by atoms with van der Waals surface area (Å²) in [6.45, 7) is 1.30. The van der Waals surface area contributed by atoms with Gasteiger partial charge < -0.3 is 19.7 Å². The summed E-state index contributed by atoms with van der Waals surface area (Å²) in [7, 11) is 1.21. The summed E-state index contributed by atoms with van der Waals surface area (Å²) < 4.78 is 33.9. The maximum atomic E-state index is 13.0. The average molecular weight is 370 g/mol. The van der Waals surface area contributed by atoms with Crippen LogP contribution in [0.2, 0.25) is 0 Å². The molecule has 1 aromatic rings. The molecule has 25 heavy (non-hydrogen) atoms. The normalized spacial score (nSPS) is 17.0. The fourth-order valence-electron chi connectivity index (χ4n) is 3.23. The number of hydrogen-bond acceptors (Lipinski definition) is 6. The lowest BCUT2D eigenvalue weighted by atomic mass is 9.95. The van der Waals surface area contributed by atoms with Crippen molar-refractivity contribution in [3.8, 4) is 11.5 Å². The zero-order valence-corrected chi connectivity index (χ0v) is 16.0. The van der Waals surface area contributed by atoms with Gasteiger partial charge in [0.1, 0.15) is 11.5 Å². The second-order valence-electron chi connectivity index (χ2n) is 6.40. The molecule has 0 atom stereocenters. The van der Waals surface area contributed by atoms with Gasteiger partial charge in [-0.1, -0.05) is 0 Å². The van der Waals surface area contributed by atoms with Crippen LogP contribution in [0.5, 0.6) is 11.5 Å². The number of carbonyl (C=O) groups excluding carboxylic acids is 1. The lowest BCUT2D eigenvalue weighted by Crippen LogP contribution is -2.57. The smallest absolute Gasteiger partial charge is 0.244 e. The van der Waals surface area contributed by atoms with Gasteiger partial charge in [-0.3, -0.25) is 4.79 Å². The highest BCUT2D eigenvalue weighted by atomic mass is 32.2. The Hall–Kier alpha value is -1.80. The first kappa shape index (κ1) is 19.5. The van der Waals surface area contributed by atoms with E-state index in [1.807, 2.05) is 12.1 Å². The Bertz CT molecular complexity index is 704. The van der Waals surface area contributed by atoms with Crippen LogP contribution < -0.4 is 14.8 Å². The number of carbonyl (C=O) groups is 1. The summed E-state index contributed by atoms with van der Waals surface area (Å²) in [6, 6.07) is 5.36. The Morgan fingerprint density at radius 2 is 1.68 bits per heavy atom. The van der Waals surface area contributed by atoms with Gasteiger partial charge in [0.25, 0.3) is 0 Å². The Kier molecular flexibility index (Phi) is 5.95. The molecule has 1 aliphatic heterocycles. The van der Waals surface area contributed by atoms with E-state index in [0.717, 1.165) is 11.8 Å². The van der Waals surface area contributed by atoms with Gasteiger partial charge in [-0.2, -0.15) is 0 Å². The first-order chi connectivity index (χ1) is 11.7. The molecule has 1 N–H and O–H groups in total.